The van der Waals surface area contributed by atoms with Crippen molar-refractivity contribution in [2.24, 2.45) is 11.7 Å². The third-order valence-electron chi connectivity index (χ3n) is 3.50. The van der Waals surface area contributed by atoms with Gasteiger partial charge in [0.15, 0.2) is 11.5 Å². The highest BCUT2D eigenvalue weighted by atomic mass is 35.5. The molecule has 0 spiro atoms. The highest BCUT2D eigenvalue weighted by Gasteiger charge is 2.25. The summed E-state index contributed by atoms with van der Waals surface area (Å²) in [5.41, 5.74) is 5.61. The number of nitrogens with two attached hydrogens (primary N) is 1. The smallest absolute Gasteiger partial charge is 0.252 e. The van der Waals surface area contributed by atoms with E-state index in [0.29, 0.717) is 17.9 Å². The van der Waals surface area contributed by atoms with Crippen molar-refractivity contribution >= 4 is 23.4 Å². The molecular weight excluding hydrogens is 308 g/mol. The highest BCUT2D eigenvalue weighted by Crippen LogP contribution is 2.36. The fraction of sp³-hybridized carbons (Fsp3) is 0.467. The van der Waals surface area contributed by atoms with E-state index in [1.165, 1.54) is 26.4 Å². The van der Waals surface area contributed by atoms with Gasteiger partial charge in [0.2, 0.25) is 5.91 Å². The van der Waals surface area contributed by atoms with Gasteiger partial charge in [0.1, 0.15) is 6.04 Å². The fourth-order valence-corrected chi connectivity index (χ4v) is 2.29. The van der Waals surface area contributed by atoms with Crippen LogP contribution in [0.5, 0.6) is 11.5 Å². The van der Waals surface area contributed by atoms with Crippen molar-refractivity contribution in [3.8, 4) is 11.5 Å². The highest BCUT2D eigenvalue weighted by molar-refractivity contribution is 6.32. The number of hydrogen-bond donors (Lipinski definition) is 2. The van der Waals surface area contributed by atoms with E-state index in [0.717, 1.165) is 0 Å². The second kappa shape index (κ2) is 7.89. The van der Waals surface area contributed by atoms with Gasteiger partial charge in [-0.25, -0.2) is 0 Å². The summed E-state index contributed by atoms with van der Waals surface area (Å²) in [4.78, 5) is 23.8. The lowest BCUT2D eigenvalue weighted by molar-refractivity contribution is -0.120. The van der Waals surface area contributed by atoms with Gasteiger partial charge in [-0.15, -0.1) is 0 Å². The number of halogens is 1. The Labute approximate surface area is 134 Å². The van der Waals surface area contributed by atoms with Crippen molar-refractivity contribution in [1.29, 1.82) is 0 Å². The van der Waals surface area contributed by atoms with Gasteiger partial charge in [0.05, 0.1) is 19.2 Å². The first-order valence-corrected chi connectivity index (χ1v) is 7.25. The summed E-state index contributed by atoms with van der Waals surface area (Å²) in [6.07, 6.45) is 0.709. The van der Waals surface area contributed by atoms with Gasteiger partial charge >= 0.3 is 0 Å². The second-order valence-electron chi connectivity index (χ2n) is 4.93. The largest absolute Gasteiger partial charge is 0.493 e. The minimum atomic E-state index is -0.746. The lowest BCUT2D eigenvalue weighted by atomic mass is 9.98. The summed E-state index contributed by atoms with van der Waals surface area (Å²) in [6, 6.07) is 2.20. The molecular formula is C15H21ClN2O4. The van der Waals surface area contributed by atoms with E-state index >= 15 is 0 Å². The summed E-state index contributed by atoms with van der Waals surface area (Å²) in [5, 5.41) is 2.87. The first-order valence-electron chi connectivity index (χ1n) is 6.87. The molecule has 1 aromatic carbocycles. The average molecular weight is 329 g/mol. The van der Waals surface area contributed by atoms with Gasteiger partial charge in [0, 0.05) is 5.56 Å². The number of benzene rings is 1. The van der Waals surface area contributed by atoms with Crippen LogP contribution < -0.4 is 20.5 Å². The van der Waals surface area contributed by atoms with Crippen molar-refractivity contribution < 1.29 is 19.1 Å². The molecule has 0 aliphatic heterocycles. The van der Waals surface area contributed by atoms with Crippen LogP contribution in [0, 0.1) is 5.92 Å². The summed E-state index contributed by atoms with van der Waals surface area (Å²) in [6.45, 7) is 3.76. The predicted molar refractivity (Wildman–Crippen MR) is 84.5 cm³/mol. The van der Waals surface area contributed by atoms with Gasteiger partial charge in [-0.05, 0) is 18.1 Å². The zero-order valence-electron chi connectivity index (χ0n) is 13.1. The van der Waals surface area contributed by atoms with E-state index in [4.69, 9.17) is 26.8 Å². The van der Waals surface area contributed by atoms with Crippen LogP contribution in [0.15, 0.2) is 12.1 Å². The number of nitrogens with one attached hydrogen (secondary N) is 1. The Balaban J connectivity index is 3.07. The molecule has 2 atom stereocenters. The van der Waals surface area contributed by atoms with Crippen LogP contribution in [0.1, 0.15) is 30.6 Å². The third-order valence-corrected chi connectivity index (χ3v) is 3.78. The number of hydrogen-bond acceptors (Lipinski definition) is 4. The Morgan fingerprint density at radius 2 is 1.95 bits per heavy atom. The maximum absolute atomic E-state index is 12.3. The Hall–Kier alpha value is -1.95. The van der Waals surface area contributed by atoms with Crippen LogP contribution in [0.2, 0.25) is 5.02 Å². The van der Waals surface area contributed by atoms with Crippen LogP contribution in [-0.2, 0) is 4.79 Å². The monoisotopic (exact) mass is 328 g/mol. The Morgan fingerprint density at radius 1 is 1.32 bits per heavy atom. The number of primary amides is 1. The number of carbonyl (C=O) groups excluding carboxylic acids is 2. The summed E-state index contributed by atoms with van der Waals surface area (Å²) in [7, 11) is 2.90. The SMILES string of the molecule is CCC(C)C(NC(=O)c1cc(Cl)c(OC)c(OC)c1)C(N)=O. The minimum absolute atomic E-state index is 0.0722. The van der Waals surface area contributed by atoms with Gasteiger partial charge in [0.25, 0.3) is 5.91 Å². The molecule has 0 bridgehead atoms. The first kappa shape index (κ1) is 18.1. The molecule has 0 saturated carbocycles. The van der Waals surface area contributed by atoms with Crippen LogP contribution in [0.4, 0.5) is 0 Å². The molecule has 0 aliphatic carbocycles. The molecule has 3 N–H and O–H groups in total. The molecule has 0 fully saturated rings. The number of rotatable bonds is 7. The van der Waals surface area contributed by atoms with Crippen LogP contribution in [0.3, 0.4) is 0 Å². The second-order valence-corrected chi connectivity index (χ2v) is 5.34. The van der Waals surface area contributed by atoms with Crippen molar-refractivity contribution in [2.45, 2.75) is 26.3 Å². The van der Waals surface area contributed by atoms with Gasteiger partial charge in [-0.2, -0.15) is 0 Å². The van der Waals surface area contributed by atoms with Crippen molar-refractivity contribution in [3.05, 3.63) is 22.7 Å². The lowest BCUT2D eigenvalue weighted by Gasteiger charge is -2.21. The summed E-state index contributed by atoms with van der Waals surface area (Å²) < 4.78 is 10.3. The zero-order chi connectivity index (χ0) is 16.9. The molecule has 22 heavy (non-hydrogen) atoms. The molecule has 2 unspecified atom stereocenters. The van der Waals surface area contributed by atoms with E-state index in [2.05, 4.69) is 5.32 Å². The van der Waals surface area contributed by atoms with Gasteiger partial charge in [-0.1, -0.05) is 31.9 Å². The Morgan fingerprint density at radius 3 is 2.41 bits per heavy atom. The molecule has 0 radical (unpaired) electrons. The van der Waals surface area contributed by atoms with Crippen LogP contribution in [-0.4, -0.2) is 32.1 Å². The van der Waals surface area contributed by atoms with Crippen LogP contribution in [0.25, 0.3) is 0 Å². The predicted octanol–water partition coefficient (Wildman–Crippen LogP) is 1.99. The van der Waals surface area contributed by atoms with Crippen LogP contribution >= 0.6 is 11.6 Å². The van der Waals surface area contributed by atoms with E-state index in [9.17, 15) is 9.59 Å². The first-order chi connectivity index (χ1) is 10.3. The Kier molecular flexibility index (Phi) is 6.49. The molecule has 7 heteroatoms. The van der Waals surface area contributed by atoms with E-state index in [1.807, 2.05) is 13.8 Å². The van der Waals surface area contributed by atoms with Gasteiger partial charge in [-0.3, -0.25) is 9.59 Å². The molecule has 1 rings (SSSR count). The minimum Gasteiger partial charge on any atom is -0.493 e. The quantitative estimate of drug-likeness (QED) is 0.800. The standard InChI is InChI=1S/C15H21ClN2O4/c1-5-8(2)12(14(17)19)18-15(20)9-6-10(16)13(22-4)11(7-9)21-3/h6-8,12H,5H2,1-4H3,(H2,17,19)(H,18,20). The topological polar surface area (TPSA) is 90.7 Å². The number of amides is 2. The number of carbonyl (C=O) groups is 2. The van der Waals surface area contributed by atoms with E-state index < -0.39 is 17.9 Å². The molecule has 0 heterocycles. The average Bonchev–Trinajstić information content (AvgIpc) is 2.50. The summed E-state index contributed by atoms with van der Waals surface area (Å²) >= 11 is 6.07. The molecule has 1 aromatic rings. The molecule has 0 saturated heterocycles. The molecule has 6 nitrogen and oxygen atoms in total. The molecule has 2 amide bonds. The van der Waals surface area contributed by atoms with Crippen molar-refractivity contribution in [2.75, 3.05) is 14.2 Å². The lowest BCUT2D eigenvalue weighted by Crippen LogP contribution is -2.48. The fourth-order valence-electron chi connectivity index (χ4n) is 2.00. The molecule has 0 aliphatic rings. The number of methoxy groups -OCH3 is 2. The van der Waals surface area contributed by atoms with E-state index in [-0.39, 0.29) is 16.5 Å². The van der Waals surface area contributed by atoms with Gasteiger partial charge < -0.3 is 20.5 Å². The van der Waals surface area contributed by atoms with Crippen molar-refractivity contribution in [3.63, 3.8) is 0 Å². The normalized spacial score (nSPS) is 13.1. The maximum Gasteiger partial charge on any atom is 0.252 e. The number of ether oxygens (including phenoxy) is 2. The van der Waals surface area contributed by atoms with Crippen molar-refractivity contribution in [1.82, 2.24) is 5.32 Å². The Bertz CT molecular complexity index is 563. The zero-order valence-corrected chi connectivity index (χ0v) is 13.9. The third kappa shape index (κ3) is 4.04. The molecule has 122 valence electrons. The van der Waals surface area contributed by atoms with E-state index in [1.54, 1.807) is 0 Å². The summed E-state index contributed by atoms with van der Waals surface area (Å²) in [5.74, 6) is -0.424. The maximum atomic E-state index is 12.3. The molecule has 0 aromatic heterocycles.